The molecule has 1 aliphatic rings. The number of carbonyl (C=O) groups excluding carboxylic acids is 2. The number of carboxylic acid groups (broad SMARTS) is 1. The number of hydrogen-bond donors (Lipinski definition) is 7. The number of hydrogen-bond acceptors (Lipinski definition) is 10. The van der Waals surface area contributed by atoms with E-state index in [-0.39, 0.29) is 6.61 Å². The predicted octanol–water partition coefficient (Wildman–Crippen LogP) is -4.72. The van der Waals surface area contributed by atoms with Gasteiger partial charge in [0.05, 0.1) is 13.2 Å². The van der Waals surface area contributed by atoms with Crippen LogP contribution >= 0.6 is 0 Å². The zero-order valence-corrected chi connectivity index (χ0v) is 12.5. The fraction of sp³-hybridized carbons (Fsp3) is 0.750. The molecule has 7 N–H and O–H groups in total. The Morgan fingerprint density at radius 2 is 1.83 bits per heavy atom. The SMILES string of the molecule is CCOC(=O)C(NC(=O)[C@@]1(O)O[C@H](CO)[C@H](O)[C@H](O)[C@H]1O)C(=O)O. The molecule has 6 atom stereocenters. The lowest BCUT2D eigenvalue weighted by Crippen LogP contribution is -2.71. The highest BCUT2D eigenvalue weighted by Gasteiger charge is 2.58. The van der Waals surface area contributed by atoms with Gasteiger partial charge in [-0.1, -0.05) is 0 Å². The first-order valence-electron chi connectivity index (χ1n) is 6.85. The first-order valence-corrected chi connectivity index (χ1v) is 6.85. The number of rotatable bonds is 6. The lowest BCUT2D eigenvalue weighted by molar-refractivity contribution is -0.331. The Morgan fingerprint density at radius 3 is 2.29 bits per heavy atom. The highest BCUT2D eigenvalue weighted by atomic mass is 16.7. The fourth-order valence-corrected chi connectivity index (χ4v) is 2.02. The molecule has 24 heavy (non-hydrogen) atoms. The van der Waals surface area contributed by atoms with E-state index < -0.39 is 60.7 Å². The molecule has 0 bridgehead atoms. The van der Waals surface area contributed by atoms with E-state index in [1.165, 1.54) is 6.92 Å². The Morgan fingerprint density at radius 1 is 1.25 bits per heavy atom. The normalized spacial score (nSPS) is 34.2. The van der Waals surface area contributed by atoms with Gasteiger partial charge in [0.1, 0.15) is 24.4 Å². The van der Waals surface area contributed by atoms with Crippen LogP contribution < -0.4 is 5.32 Å². The number of aliphatic hydroxyl groups is 5. The van der Waals surface area contributed by atoms with E-state index in [0.717, 1.165) is 0 Å². The van der Waals surface area contributed by atoms with Gasteiger partial charge < -0.3 is 45.4 Å². The van der Waals surface area contributed by atoms with Gasteiger partial charge in [-0.3, -0.25) is 4.79 Å². The highest BCUT2D eigenvalue weighted by molar-refractivity contribution is 6.02. The molecule has 12 heteroatoms. The van der Waals surface area contributed by atoms with Gasteiger partial charge >= 0.3 is 11.9 Å². The van der Waals surface area contributed by atoms with E-state index >= 15 is 0 Å². The molecular weight excluding hydrogens is 334 g/mol. The lowest BCUT2D eigenvalue weighted by atomic mass is 9.92. The molecule has 138 valence electrons. The van der Waals surface area contributed by atoms with E-state index in [1.54, 1.807) is 5.32 Å². The summed E-state index contributed by atoms with van der Waals surface area (Å²) < 4.78 is 9.13. The number of esters is 1. The van der Waals surface area contributed by atoms with Gasteiger partial charge in [-0.25, -0.2) is 9.59 Å². The molecule has 12 nitrogen and oxygen atoms in total. The Balaban J connectivity index is 3.01. The number of carbonyl (C=O) groups is 3. The van der Waals surface area contributed by atoms with Crippen molar-refractivity contribution in [1.29, 1.82) is 0 Å². The summed E-state index contributed by atoms with van der Waals surface area (Å²) in [6.45, 7) is 0.282. The van der Waals surface area contributed by atoms with Crippen molar-refractivity contribution in [2.24, 2.45) is 0 Å². The monoisotopic (exact) mass is 353 g/mol. The molecule has 1 rings (SSSR count). The first-order chi connectivity index (χ1) is 11.1. The van der Waals surface area contributed by atoms with Crippen molar-refractivity contribution in [3.63, 3.8) is 0 Å². The topological polar surface area (TPSA) is 203 Å². The summed E-state index contributed by atoms with van der Waals surface area (Å²) in [6, 6.07) is -2.21. The molecule has 0 radical (unpaired) electrons. The Kier molecular flexibility index (Phi) is 6.59. The Hall–Kier alpha value is -1.83. The summed E-state index contributed by atoms with van der Waals surface area (Å²) in [6.07, 6.45) is -7.94. The van der Waals surface area contributed by atoms with Gasteiger partial charge in [-0.15, -0.1) is 0 Å². The largest absolute Gasteiger partial charge is 0.479 e. The van der Waals surface area contributed by atoms with Crippen LogP contribution in [0.5, 0.6) is 0 Å². The van der Waals surface area contributed by atoms with E-state index in [2.05, 4.69) is 9.47 Å². The summed E-state index contributed by atoms with van der Waals surface area (Å²) in [5.74, 6) is -8.05. The molecule has 1 saturated heterocycles. The zero-order valence-electron chi connectivity index (χ0n) is 12.5. The van der Waals surface area contributed by atoms with Crippen molar-refractivity contribution in [2.75, 3.05) is 13.2 Å². The highest BCUT2D eigenvalue weighted by Crippen LogP contribution is 2.28. The molecule has 1 unspecified atom stereocenters. The first kappa shape index (κ1) is 20.2. The average molecular weight is 353 g/mol. The average Bonchev–Trinajstić information content (AvgIpc) is 2.53. The van der Waals surface area contributed by atoms with Crippen LogP contribution in [0.1, 0.15) is 6.92 Å². The summed E-state index contributed by atoms with van der Waals surface area (Å²) in [7, 11) is 0. The Bertz CT molecular complexity index is 495. The van der Waals surface area contributed by atoms with Crippen molar-refractivity contribution in [3.05, 3.63) is 0 Å². The quantitative estimate of drug-likeness (QED) is 0.178. The second-order valence-electron chi connectivity index (χ2n) is 4.96. The maximum absolute atomic E-state index is 12.1. The van der Waals surface area contributed by atoms with Gasteiger partial charge in [0.2, 0.25) is 6.04 Å². The Labute approximate surface area is 135 Å². The van der Waals surface area contributed by atoms with Crippen molar-refractivity contribution >= 4 is 17.8 Å². The van der Waals surface area contributed by atoms with Gasteiger partial charge in [-0.2, -0.15) is 0 Å². The van der Waals surface area contributed by atoms with Gasteiger partial charge in [-0.05, 0) is 6.92 Å². The van der Waals surface area contributed by atoms with Crippen LogP contribution in [0.15, 0.2) is 0 Å². The number of aliphatic carboxylic acids is 1. The summed E-state index contributed by atoms with van der Waals surface area (Å²) in [5, 5.41) is 58.6. The van der Waals surface area contributed by atoms with Crippen LogP contribution in [0.2, 0.25) is 0 Å². The molecule has 1 amide bonds. The molecule has 0 spiro atoms. The second-order valence-corrected chi connectivity index (χ2v) is 4.96. The zero-order chi connectivity index (χ0) is 18.7. The molecule has 1 fully saturated rings. The van der Waals surface area contributed by atoms with Crippen LogP contribution in [0.3, 0.4) is 0 Å². The van der Waals surface area contributed by atoms with Gasteiger partial charge in [0.15, 0.2) is 0 Å². The van der Waals surface area contributed by atoms with E-state index in [9.17, 15) is 34.8 Å². The van der Waals surface area contributed by atoms with Crippen LogP contribution in [0, 0.1) is 0 Å². The smallest absolute Gasteiger partial charge is 0.340 e. The number of aliphatic hydroxyl groups excluding tert-OH is 4. The van der Waals surface area contributed by atoms with Crippen molar-refractivity contribution in [1.82, 2.24) is 5.32 Å². The van der Waals surface area contributed by atoms with Crippen molar-refractivity contribution in [3.8, 4) is 0 Å². The lowest BCUT2D eigenvalue weighted by Gasteiger charge is -2.44. The predicted molar refractivity (Wildman–Crippen MR) is 71.1 cm³/mol. The fourth-order valence-electron chi connectivity index (χ4n) is 2.02. The molecule has 0 aliphatic carbocycles. The third-order valence-corrected chi connectivity index (χ3v) is 3.34. The standard InChI is InChI=1S/C12H19NO11/c1-2-23-10(20)5(9(18)19)13-11(21)12(22)8(17)7(16)6(15)4(3-14)24-12/h4-8,14-17,22H,2-3H2,1H3,(H,13,21)(H,18,19)/t4-,5?,6+,7+,8-,12+/m1/s1. The number of nitrogens with one attached hydrogen (secondary N) is 1. The molecular formula is C12H19NO11. The van der Waals surface area contributed by atoms with Crippen LogP contribution in [0.25, 0.3) is 0 Å². The maximum atomic E-state index is 12.1. The van der Waals surface area contributed by atoms with Gasteiger partial charge in [0.25, 0.3) is 11.7 Å². The summed E-state index contributed by atoms with van der Waals surface area (Å²) >= 11 is 0. The minimum Gasteiger partial charge on any atom is -0.479 e. The third-order valence-electron chi connectivity index (χ3n) is 3.34. The minimum atomic E-state index is -3.22. The molecule has 1 aliphatic heterocycles. The molecule has 0 aromatic rings. The molecule has 1 heterocycles. The van der Waals surface area contributed by atoms with Crippen molar-refractivity contribution < 1.29 is 54.5 Å². The second kappa shape index (κ2) is 7.83. The summed E-state index contributed by atoms with van der Waals surface area (Å²) in [5.41, 5.74) is 0. The van der Waals surface area contributed by atoms with E-state index in [4.69, 9.17) is 10.2 Å². The minimum absolute atomic E-state index is 0.181. The maximum Gasteiger partial charge on any atom is 0.340 e. The molecule has 0 aromatic carbocycles. The molecule has 0 saturated carbocycles. The van der Waals surface area contributed by atoms with Crippen LogP contribution in [-0.2, 0) is 23.9 Å². The number of amides is 1. The summed E-state index contributed by atoms with van der Waals surface area (Å²) in [4.78, 5) is 34.6. The van der Waals surface area contributed by atoms with Crippen LogP contribution in [0.4, 0.5) is 0 Å². The van der Waals surface area contributed by atoms with Crippen molar-refractivity contribution in [2.45, 2.75) is 43.2 Å². The number of carboxylic acids is 1. The van der Waals surface area contributed by atoms with Crippen LogP contribution in [-0.4, -0.2) is 97.9 Å². The third kappa shape index (κ3) is 3.80. The van der Waals surface area contributed by atoms with E-state index in [1.807, 2.05) is 0 Å². The van der Waals surface area contributed by atoms with Gasteiger partial charge in [0, 0.05) is 0 Å². The molecule has 0 aromatic heterocycles. The van der Waals surface area contributed by atoms with E-state index in [0.29, 0.717) is 0 Å². The number of ether oxygens (including phenoxy) is 2.